The molecule has 0 radical (unpaired) electrons. The summed E-state index contributed by atoms with van der Waals surface area (Å²) >= 11 is 0. The van der Waals surface area contributed by atoms with E-state index in [9.17, 15) is 4.57 Å². The van der Waals surface area contributed by atoms with Gasteiger partial charge in [-0.25, -0.2) is 0 Å². The van der Waals surface area contributed by atoms with Crippen LogP contribution in [0.2, 0.25) is 18.1 Å². The second-order valence-electron chi connectivity index (χ2n) is 9.45. The van der Waals surface area contributed by atoms with Crippen LogP contribution in [0.25, 0.3) is 0 Å². The molecule has 0 aromatic rings. The minimum Gasteiger partial charge on any atom is -0.408 e. The normalized spacial score (nSPS) is 34.5. The van der Waals surface area contributed by atoms with E-state index in [2.05, 4.69) is 33.9 Å². The van der Waals surface area contributed by atoms with Crippen LogP contribution in [-0.2, 0) is 32.2 Å². The first-order valence-corrected chi connectivity index (χ1v) is 14.2. The highest BCUT2D eigenvalue weighted by Gasteiger charge is 2.57. The molecule has 0 aromatic heterocycles. The van der Waals surface area contributed by atoms with Crippen molar-refractivity contribution in [1.82, 2.24) is 0 Å². The first kappa shape index (κ1) is 23.5. The van der Waals surface area contributed by atoms with Crippen LogP contribution in [0.5, 0.6) is 0 Å². The molecule has 2 rings (SSSR count). The molecule has 160 valence electrons. The van der Waals surface area contributed by atoms with Gasteiger partial charge in [0.15, 0.2) is 14.1 Å². The van der Waals surface area contributed by atoms with E-state index in [1.807, 2.05) is 20.8 Å². The molecular formula is C18H37O7PSi. The SMILES string of the molecule is COP(=O)(C[C@H]1O[C@@H](C)[C@H]2OC(C)(C)OC2[C@@H]1O[Si](C)(C)C(C)(C)C)OC. The van der Waals surface area contributed by atoms with Gasteiger partial charge in [0.05, 0.1) is 18.4 Å². The van der Waals surface area contributed by atoms with E-state index in [1.165, 1.54) is 14.2 Å². The lowest BCUT2D eigenvalue weighted by Gasteiger charge is -2.47. The molecule has 0 spiro atoms. The molecule has 2 heterocycles. The molecule has 2 aliphatic heterocycles. The average molecular weight is 425 g/mol. The van der Waals surface area contributed by atoms with Crippen molar-refractivity contribution >= 4 is 15.9 Å². The minimum absolute atomic E-state index is 0.0112. The molecule has 2 fully saturated rings. The Bertz CT molecular complexity index is 567. The van der Waals surface area contributed by atoms with E-state index in [4.69, 9.17) is 27.7 Å². The molecule has 0 N–H and O–H groups in total. The van der Waals surface area contributed by atoms with Gasteiger partial charge in [-0.3, -0.25) is 4.57 Å². The average Bonchev–Trinajstić information content (AvgIpc) is 2.86. The monoisotopic (exact) mass is 424 g/mol. The van der Waals surface area contributed by atoms with E-state index in [1.54, 1.807) is 0 Å². The van der Waals surface area contributed by atoms with Crippen molar-refractivity contribution in [2.24, 2.45) is 0 Å². The molecule has 27 heavy (non-hydrogen) atoms. The van der Waals surface area contributed by atoms with Gasteiger partial charge in [-0.1, -0.05) is 20.8 Å². The fourth-order valence-corrected chi connectivity index (χ4v) is 5.83. The second kappa shape index (κ2) is 7.80. The van der Waals surface area contributed by atoms with Gasteiger partial charge in [-0.05, 0) is 38.9 Å². The second-order valence-corrected chi connectivity index (χ2v) is 16.5. The minimum atomic E-state index is -3.27. The lowest BCUT2D eigenvalue weighted by molar-refractivity contribution is -0.169. The van der Waals surface area contributed by atoms with Crippen LogP contribution in [0.4, 0.5) is 0 Å². The van der Waals surface area contributed by atoms with Crippen molar-refractivity contribution in [3.8, 4) is 0 Å². The van der Waals surface area contributed by atoms with E-state index in [0.29, 0.717) is 0 Å². The summed E-state index contributed by atoms with van der Waals surface area (Å²) in [6.45, 7) is 16.7. The Labute approximate surface area is 165 Å². The van der Waals surface area contributed by atoms with Gasteiger partial charge in [0, 0.05) is 14.2 Å². The van der Waals surface area contributed by atoms with Crippen LogP contribution < -0.4 is 0 Å². The van der Waals surface area contributed by atoms with Crippen molar-refractivity contribution in [3.63, 3.8) is 0 Å². The lowest BCUT2D eigenvalue weighted by Crippen LogP contribution is -2.61. The largest absolute Gasteiger partial charge is 0.408 e. The third-order valence-corrected chi connectivity index (χ3v) is 12.3. The maximum absolute atomic E-state index is 12.8. The zero-order valence-electron chi connectivity index (χ0n) is 18.4. The molecule has 0 bridgehead atoms. The number of rotatable bonds is 6. The van der Waals surface area contributed by atoms with Gasteiger partial charge in [-0.2, -0.15) is 0 Å². The zero-order valence-corrected chi connectivity index (χ0v) is 20.3. The Morgan fingerprint density at radius 3 is 2.07 bits per heavy atom. The molecule has 0 saturated carbocycles. The summed E-state index contributed by atoms with van der Waals surface area (Å²) in [6, 6.07) is 0. The molecule has 2 saturated heterocycles. The highest BCUT2D eigenvalue weighted by molar-refractivity contribution is 7.53. The predicted molar refractivity (Wildman–Crippen MR) is 107 cm³/mol. The molecule has 0 aliphatic carbocycles. The van der Waals surface area contributed by atoms with E-state index in [0.717, 1.165) is 0 Å². The summed E-state index contributed by atoms with van der Waals surface area (Å²) in [5, 5.41) is 0.0112. The van der Waals surface area contributed by atoms with Crippen molar-refractivity contribution < 1.29 is 32.2 Å². The van der Waals surface area contributed by atoms with Gasteiger partial charge < -0.3 is 27.7 Å². The molecule has 2 aliphatic rings. The van der Waals surface area contributed by atoms with E-state index in [-0.39, 0.29) is 29.5 Å². The third kappa shape index (κ3) is 5.04. The molecule has 7 nitrogen and oxygen atoms in total. The fourth-order valence-electron chi connectivity index (χ4n) is 3.33. The van der Waals surface area contributed by atoms with Crippen LogP contribution >= 0.6 is 7.60 Å². The molecule has 1 unspecified atom stereocenters. The highest BCUT2D eigenvalue weighted by atomic mass is 31.2. The van der Waals surface area contributed by atoms with Crippen LogP contribution in [0, 0.1) is 0 Å². The Kier molecular flexibility index (Phi) is 6.78. The smallest absolute Gasteiger partial charge is 0.332 e. The summed E-state index contributed by atoms with van der Waals surface area (Å²) in [5.41, 5.74) is 0. The molecule has 5 atom stereocenters. The topological polar surface area (TPSA) is 72.5 Å². The van der Waals surface area contributed by atoms with Crippen LogP contribution in [0.15, 0.2) is 0 Å². The summed E-state index contributed by atoms with van der Waals surface area (Å²) in [7, 11) is -2.64. The van der Waals surface area contributed by atoms with Crippen molar-refractivity contribution in [2.75, 3.05) is 20.4 Å². The van der Waals surface area contributed by atoms with Crippen LogP contribution in [0.3, 0.4) is 0 Å². The van der Waals surface area contributed by atoms with Crippen molar-refractivity contribution in [1.29, 1.82) is 0 Å². The molecular weight excluding hydrogens is 387 g/mol. The first-order valence-electron chi connectivity index (χ1n) is 9.54. The molecule has 0 amide bonds. The molecule has 0 aromatic carbocycles. The maximum atomic E-state index is 12.8. The van der Waals surface area contributed by atoms with E-state index < -0.39 is 33.9 Å². The summed E-state index contributed by atoms with van der Waals surface area (Å²) in [4.78, 5) is 0. The van der Waals surface area contributed by atoms with Gasteiger partial charge in [0.25, 0.3) is 0 Å². The summed E-state index contributed by atoms with van der Waals surface area (Å²) < 4.78 is 48.4. The van der Waals surface area contributed by atoms with Crippen LogP contribution in [-0.4, -0.2) is 65.0 Å². The maximum Gasteiger partial charge on any atom is 0.332 e. The summed E-state index contributed by atoms with van der Waals surface area (Å²) in [6.07, 6.45) is -1.54. The van der Waals surface area contributed by atoms with Gasteiger partial charge in [0.2, 0.25) is 0 Å². The van der Waals surface area contributed by atoms with Crippen molar-refractivity contribution in [2.45, 2.75) is 96.0 Å². The number of fused-ring (bicyclic) bond motifs is 1. The third-order valence-electron chi connectivity index (χ3n) is 5.90. The first-order chi connectivity index (χ1) is 12.1. The lowest BCUT2D eigenvalue weighted by atomic mass is 9.96. The fraction of sp³-hybridized carbons (Fsp3) is 1.00. The van der Waals surface area contributed by atoms with Gasteiger partial charge >= 0.3 is 7.60 Å². The standard InChI is InChI=1S/C18H37O7PSi/c1-12-14-16(24-18(5,6)23-14)15(25-27(9,10)17(2,3)4)13(22-12)11-26(19,20-7)21-8/h12-16H,11H2,1-10H3/t12-,13+,14+,15+,16?/m0/s1. The number of hydrogen-bond acceptors (Lipinski definition) is 7. The molecule has 9 heteroatoms. The van der Waals surface area contributed by atoms with Crippen molar-refractivity contribution in [3.05, 3.63) is 0 Å². The zero-order chi connectivity index (χ0) is 20.8. The van der Waals surface area contributed by atoms with Crippen LogP contribution in [0.1, 0.15) is 41.5 Å². The Morgan fingerprint density at radius 1 is 1.07 bits per heavy atom. The Morgan fingerprint density at radius 2 is 1.59 bits per heavy atom. The number of hydrogen-bond donors (Lipinski definition) is 0. The summed E-state index contributed by atoms with van der Waals surface area (Å²) in [5.74, 6) is -0.719. The van der Waals surface area contributed by atoms with Gasteiger partial charge in [0.1, 0.15) is 18.3 Å². The quantitative estimate of drug-likeness (QED) is 0.468. The Hall–Kier alpha value is 0.207. The van der Waals surface area contributed by atoms with E-state index >= 15 is 0 Å². The predicted octanol–water partition coefficient (Wildman–Crippen LogP) is 4.17. The van der Waals surface area contributed by atoms with Gasteiger partial charge in [-0.15, -0.1) is 0 Å². The Balaban J connectivity index is 2.37. The highest BCUT2D eigenvalue weighted by Crippen LogP contribution is 2.51. The number of ether oxygens (including phenoxy) is 3.